The lowest BCUT2D eigenvalue weighted by Crippen LogP contribution is -2.07. The Hall–Kier alpha value is -1.67. The molecule has 0 aromatic heterocycles. The molecule has 0 fully saturated rings. The van der Waals surface area contributed by atoms with E-state index in [0.717, 1.165) is 0 Å². The summed E-state index contributed by atoms with van der Waals surface area (Å²) in [5.41, 5.74) is 1.25. The number of halogens is 1. The first-order valence-corrected chi connectivity index (χ1v) is 5.93. The summed E-state index contributed by atoms with van der Waals surface area (Å²) in [6.07, 6.45) is 0.185. The average molecular weight is 296 g/mol. The fraction of sp³-hybridized carbons (Fsp3) is 0.250. The van der Waals surface area contributed by atoms with Crippen LogP contribution >= 0.6 is 15.9 Å². The van der Waals surface area contributed by atoms with Gasteiger partial charge in [-0.25, -0.2) is 4.79 Å². The van der Waals surface area contributed by atoms with Gasteiger partial charge in [-0.2, -0.15) is 5.26 Å². The number of ether oxygens (including phenoxy) is 1. The first-order valence-electron chi connectivity index (χ1n) is 4.80. The Morgan fingerprint density at radius 3 is 2.65 bits per heavy atom. The maximum Gasteiger partial charge on any atom is 0.337 e. The van der Waals surface area contributed by atoms with E-state index in [9.17, 15) is 9.59 Å². The van der Waals surface area contributed by atoms with Gasteiger partial charge in [0, 0.05) is 6.42 Å². The third-order valence-corrected chi connectivity index (χ3v) is 2.72. The van der Waals surface area contributed by atoms with E-state index in [0.29, 0.717) is 11.1 Å². The quantitative estimate of drug-likeness (QED) is 0.628. The molecule has 0 heterocycles. The molecule has 4 nitrogen and oxygen atoms in total. The number of carbonyl (C=O) groups excluding carboxylic acids is 2. The Labute approximate surface area is 107 Å². The van der Waals surface area contributed by atoms with Crippen molar-refractivity contribution >= 4 is 27.7 Å². The highest BCUT2D eigenvalue weighted by Gasteiger charge is 2.10. The number of hydrogen-bond donors (Lipinski definition) is 0. The van der Waals surface area contributed by atoms with Gasteiger partial charge in [0.05, 0.1) is 29.6 Å². The SMILES string of the molecule is COC(=O)c1cc(C#N)cc(CC(=O)CBr)c1. The van der Waals surface area contributed by atoms with Gasteiger partial charge in [0.25, 0.3) is 0 Å². The summed E-state index contributed by atoms with van der Waals surface area (Å²) in [6, 6.07) is 6.54. The Morgan fingerprint density at radius 1 is 1.41 bits per heavy atom. The van der Waals surface area contributed by atoms with Crippen LogP contribution in [0.25, 0.3) is 0 Å². The number of Topliss-reactive ketones (excluding diaryl/α,β-unsaturated/α-hetero) is 1. The van der Waals surface area contributed by atoms with Crippen molar-refractivity contribution in [2.75, 3.05) is 12.4 Å². The van der Waals surface area contributed by atoms with E-state index < -0.39 is 5.97 Å². The molecule has 1 rings (SSSR count). The maximum atomic E-state index is 11.4. The number of hydrogen-bond acceptors (Lipinski definition) is 4. The molecule has 0 aliphatic heterocycles. The Morgan fingerprint density at radius 2 is 2.12 bits per heavy atom. The highest BCUT2D eigenvalue weighted by molar-refractivity contribution is 9.09. The molecule has 0 aliphatic carbocycles. The number of carbonyl (C=O) groups is 2. The first-order chi connectivity index (χ1) is 8.10. The molecule has 0 atom stereocenters. The van der Waals surface area contributed by atoms with Gasteiger partial charge >= 0.3 is 5.97 Å². The zero-order valence-corrected chi connectivity index (χ0v) is 10.8. The molecular formula is C12H10BrNO3. The monoisotopic (exact) mass is 295 g/mol. The van der Waals surface area contributed by atoms with Crippen LogP contribution < -0.4 is 0 Å². The standard InChI is InChI=1S/C12H10BrNO3/c1-17-12(16)10-3-8(5-11(15)6-13)2-9(4-10)7-14/h2-4H,5-6H2,1H3. The number of nitriles is 1. The minimum atomic E-state index is -0.519. The van der Waals surface area contributed by atoms with Crippen LogP contribution in [0.1, 0.15) is 21.5 Å². The van der Waals surface area contributed by atoms with Gasteiger partial charge in [-0.3, -0.25) is 4.79 Å². The van der Waals surface area contributed by atoms with Gasteiger partial charge in [-0.1, -0.05) is 15.9 Å². The average Bonchev–Trinajstić information content (AvgIpc) is 2.36. The van der Waals surface area contributed by atoms with Crippen molar-refractivity contribution in [3.05, 3.63) is 34.9 Å². The van der Waals surface area contributed by atoms with Crippen molar-refractivity contribution < 1.29 is 14.3 Å². The van der Waals surface area contributed by atoms with Crippen molar-refractivity contribution in [1.29, 1.82) is 5.26 Å². The number of nitrogens with zero attached hydrogens (tertiary/aromatic N) is 1. The van der Waals surface area contributed by atoms with Crippen LogP contribution in [0.2, 0.25) is 0 Å². The van der Waals surface area contributed by atoms with Crippen LogP contribution in [0.15, 0.2) is 18.2 Å². The Bertz CT molecular complexity index is 491. The molecule has 0 saturated carbocycles. The molecule has 0 spiro atoms. The van der Waals surface area contributed by atoms with Crippen LogP contribution in [-0.2, 0) is 16.0 Å². The lowest BCUT2D eigenvalue weighted by Gasteiger charge is -2.04. The highest BCUT2D eigenvalue weighted by Crippen LogP contribution is 2.12. The Balaban J connectivity index is 3.10. The van der Waals surface area contributed by atoms with Gasteiger partial charge in [-0.15, -0.1) is 0 Å². The minimum Gasteiger partial charge on any atom is -0.465 e. The molecule has 0 amide bonds. The Kier molecular flexibility index (Phi) is 4.85. The molecule has 17 heavy (non-hydrogen) atoms. The molecule has 1 aromatic rings. The largest absolute Gasteiger partial charge is 0.465 e. The molecule has 0 N–H and O–H groups in total. The highest BCUT2D eigenvalue weighted by atomic mass is 79.9. The van der Waals surface area contributed by atoms with Gasteiger partial charge in [-0.05, 0) is 23.8 Å². The number of methoxy groups -OCH3 is 1. The number of esters is 1. The van der Waals surface area contributed by atoms with Crippen LogP contribution in [0.5, 0.6) is 0 Å². The van der Waals surface area contributed by atoms with Crippen LogP contribution in [0.4, 0.5) is 0 Å². The lowest BCUT2D eigenvalue weighted by atomic mass is 10.0. The zero-order valence-electron chi connectivity index (χ0n) is 9.20. The van der Waals surface area contributed by atoms with Gasteiger partial charge in [0.2, 0.25) is 0 Å². The molecule has 0 aliphatic rings. The third kappa shape index (κ3) is 3.68. The second-order valence-corrected chi connectivity index (χ2v) is 3.93. The van der Waals surface area contributed by atoms with Crippen molar-refractivity contribution in [3.8, 4) is 6.07 Å². The van der Waals surface area contributed by atoms with Gasteiger partial charge < -0.3 is 4.74 Å². The molecule has 88 valence electrons. The predicted molar refractivity (Wildman–Crippen MR) is 65.0 cm³/mol. The van der Waals surface area contributed by atoms with E-state index in [-0.39, 0.29) is 23.1 Å². The summed E-state index contributed by atoms with van der Waals surface area (Å²) in [7, 11) is 1.27. The molecule has 0 bridgehead atoms. The molecule has 0 radical (unpaired) electrons. The number of rotatable bonds is 4. The second kappa shape index (κ2) is 6.16. The topological polar surface area (TPSA) is 67.2 Å². The van der Waals surface area contributed by atoms with Crippen molar-refractivity contribution in [1.82, 2.24) is 0 Å². The molecule has 1 aromatic carbocycles. The van der Waals surface area contributed by atoms with Crippen LogP contribution in [-0.4, -0.2) is 24.2 Å². The third-order valence-electron chi connectivity index (χ3n) is 2.09. The van der Waals surface area contributed by atoms with E-state index in [1.54, 1.807) is 12.1 Å². The molecule has 0 unspecified atom stereocenters. The molecule has 5 heteroatoms. The summed E-state index contributed by atoms with van der Waals surface area (Å²) in [5, 5.41) is 9.08. The summed E-state index contributed by atoms with van der Waals surface area (Å²) < 4.78 is 4.58. The fourth-order valence-corrected chi connectivity index (χ4v) is 1.57. The summed E-state index contributed by atoms with van der Waals surface area (Å²) in [4.78, 5) is 22.6. The summed E-state index contributed by atoms with van der Waals surface area (Å²) in [6.45, 7) is 0. The van der Waals surface area contributed by atoms with E-state index in [4.69, 9.17) is 5.26 Å². The maximum absolute atomic E-state index is 11.4. The van der Waals surface area contributed by atoms with Gasteiger partial charge in [0.1, 0.15) is 5.78 Å². The number of benzene rings is 1. The fourth-order valence-electron chi connectivity index (χ4n) is 1.37. The smallest absolute Gasteiger partial charge is 0.337 e. The van der Waals surface area contributed by atoms with E-state index >= 15 is 0 Å². The van der Waals surface area contributed by atoms with Crippen molar-refractivity contribution in [2.45, 2.75) is 6.42 Å². The zero-order chi connectivity index (χ0) is 12.8. The van der Waals surface area contributed by atoms with Crippen molar-refractivity contribution in [3.63, 3.8) is 0 Å². The minimum absolute atomic E-state index is 0.0177. The van der Waals surface area contributed by atoms with E-state index in [1.807, 2.05) is 6.07 Å². The van der Waals surface area contributed by atoms with E-state index in [1.165, 1.54) is 13.2 Å². The van der Waals surface area contributed by atoms with Crippen LogP contribution in [0, 0.1) is 11.3 Å². The lowest BCUT2D eigenvalue weighted by molar-refractivity contribution is -0.115. The van der Waals surface area contributed by atoms with E-state index in [2.05, 4.69) is 20.7 Å². The predicted octanol–water partition coefficient (Wildman–Crippen LogP) is 1.85. The normalized spacial score (nSPS) is 9.47. The number of ketones is 1. The van der Waals surface area contributed by atoms with Crippen molar-refractivity contribution in [2.24, 2.45) is 0 Å². The van der Waals surface area contributed by atoms with Crippen LogP contribution in [0.3, 0.4) is 0 Å². The number of alkyl halides is 1. The molecular weight excluding hydrogens is 286 g/mol. The summed E-state index contributed by atoms with van der Waals surface area (Å²) >= 11 is 3.06. The summed E-state index contributed by atoms with van der Waals surface area (Å²) in [5.74, 6) is -0.537. The second-order valence-electron chi connectivity index (χ2n) is 3.37. The first kappa shape index (κ1) is 13.4. The molecule has 0 saturated heterocycles. The van der Waals surface area contributed by atoms with Gasteiger partial charge in [0.15, 0.2) is 0 Å².